The first-order valence-corrected chi connectivity index (χ1v) is 16.0. The highest BCUT2D eigenvalue weighted by molar-refractivity contribution is 6.35. The van der Waals surface area contributed by atoms with E-state index in [4.69, 9.17) is 56.4 Å². The number of rotatable bonds is 16. The van der Waals surface area contributed by atoms with Gasteiger partial charge in [-0.15, -0.1) is 0 Å². The number of nitrogens with zero attached hydrogens (tertiary/aromatic N) is 1. The first-order valence-electron chi connectivity index (χ1n) is 15.2. The summed E-state index contributed by atoms with van der Waals surface area (Å²) in [5.41, 5.74) is 0.651. The lowest BCUT2D eigenvalue weighted by Gasteiger charge is -2.31. The number of nitrogens with one attached hydrogen (secondary N) is 1. The van der Waals surface area contributed by atoms with Gasteiger partial charge in [0.1, 0.15) is 12.7 Å². The van der Waals surface area contributed by atoms with E-state index in [1.807, 2.05) is 6.07 Å². The van der Waals surface area contributed by atoms with E-state index < -0.39 is 42.9 Å². The number of carbonyl (C=O) groups is 3. The minimum absolute atomic E-state index is 0.0853. The average Bonchev–Trinajstić information content (AvgIpc) is 3.08. The van der Waals surface area contributed by atoms with Gasteiger partial charge in [0, 0.05) is 41.4 Å². The van der Waals surface area contributed by atoms with E-state index in [-0.39, 0.29) is 42.9 Å². The summed E-state index contributed by atoms with van der Waals surface area (Å²) in [4.78, 5) is 42.7. The van der Waals surface area contributed by atoms with E-state index in [1.165, 1.54) is 19.4 Å². The number of esters is 2. The molecule has 2 aromatic rings. The Kier molecular flexibility index (Phi) is 15.8. The highest BCUT2D eigenvalue weighted by Crippen LogP contribution is 2.30. The number of halogens is 2. The third kappa shape index (κ3) is 11.3. The van der Waals surface area contributed by atoms with Crippen molar-refractivity contribution in [2.24, 2.45) is 5.92 Å². The maximum Gasteiger partial charge on any atom is 0.334 e. The van der Waals surface area contributed by atoms with Crippen molar-refractivity contribution < 1.29 is 47.5 Å². The standard InChI is InChI=1S/C32H42Cl2N2O10/c1-5-7-8-13-43-29-20(3)46-32(39)25(17-42-16-22(29)14-21-9-10-23(33)15-24(21)34)36-31(38)28-30(26(40-4)11-12-35-28)45-19-44-27(37)18-41-6-2/h9-12,15,20,22,25,29H,5-8,13-14,16-19H2,1-4H3,(H,36,38)/t20-,22-,25-,29-/m0/s1. The highest BCUT2D eigenvalue weighted by atomic mass is 35.5. The molecule has 1 aromatic carbocycles. The number of pyridine rings is 1. The molecule has 0 saturated carbocycles. The number of amides is 1. The van der Waals surface area contributed by atoms with Crippen molar-refractivity contribution in [3.05, 3.63) is 51.8 Å². The summed E-state index contributed by atoms with van der Waals surface area (Å²) >= 11 is 12.6. The largest absolute Gasteiger partial charge is 0.493 e. The van der Waals surface area contributed by atoms with Gasteiger partial charge >= 0.3 is 11.9 Å². The molecule has 1 aromatic heterocycles. The van der Waals surface area contributed by atoms with Gasteiger partial charge in [0.05, 0.1) is 26.4 Å². The van der Waals surface area contributed by atoms with E-state index in [2.05, 4.69) is 17.2 Å². The quantitative estimate of drug-likeness (QED) is 0.148. The van der Waals surface area contributed by atoms with Gasteiger partial charge in [0.2, 0.25) is 6.79 Å². The third-order valence-corrected chi connectivity index (χ3v) is 7.73. The molecule has 0 aliphatic carbocycles. The second-order valence-corrected chi connectivity index (χ2v) is 11.4. The van der Waals surface area contributed by atoms with Gasteiger partial charge in [-0.2, -0.15) is 0 Å². The summed E-state index contributed by atoms with van der Waals surface area (Å²) in [6.45, 7) is 5.66. The van der Waals surface area contributed by atoms with E-state index in [9.17, 15) is 14.4 Å². The van der Waals surface area contributed by atoms with Gasteiger partial charge in [-0.3, -0.25) is 4.79 Å². The van der Waals surface area contributed by atoms with E-state index in [1.54, 1.807) is 26.0 Å². The van der Waals surface area contributed by atoms with Crippen LogP contribution in [0, 0.1) is 5.92 Å². The Morgan fingerprint density at radius 3 is 2.65 bits per heavy atom. The molecule has 12 nitrogen and oxygen atoms in total. The molecule has 1 saturated heterocycles. The summed E-state index contributed by atoms with van der Waals surface area (Å²) < 4.78 is 39.0. The van der Waals surface area contributed by atoms with Crippen LogP contribution in [0.25, 0.3) is 0 Å². The van der Waals surface area contributed by atoms with Crippen molar-refractivity contribution in [3.8, 4) is 11.5 Å². The fraction of sp³-hybridized carbons (Fsp3) is 0.562. The molecule has 1 amide bonds. The molecule has 0 spiro atoms. The first kappa shape index (κ1) is 37.3. The second-order valence-electron chi connectivity index (χ2n) is 10.6. The molecule has 1 N–H and O–H groups in total. The fourth-order valence-electron chi connectivity index (χ4n) is 4.80. The SMILES string of the molecule is CCCCCO[C@@H]1[C@@H](Cc2ccc(Cl)cc2Cl)COC[C@H](NC(=O)c2nccc(OC)c2OCOC(=O)COCC)C(=O)O[C@H]1C. The zero-order chi connectivity index (χ0) is 33.5. The van der Waals surface area contributed by atoms with Crippen molar-refractivity contribution in [2.75, 3.05) is 46.9 Å². The van der Waals surface area contributed by atoms with Gasteiger partial charge < -0.3 is 38.5 Å². The molecule has 2 heterocycles. The van der Waals surface area contributed by atoms with Gasteiger partial charge in [0.15, 0.2) is 23.2 Å². The summed E-state index contributed by atoms with van der Waals surface area (Å²) in [5.74, 6) is -2.28. The summed E-state index contributed by atoms with van der Waals surface area (Å²) in [6, 6.07) is 5.59. The molecule has 1 aliphatic rings. The molecule has 1 fully saturated rings. The van der Waals surface area contributed by atoms with Crippen LogP contribution >= 0.6 is 23.2 Å². The predicted molar refractivity (Wildman–Crippen MR) is 169 cm³/mol. The van der Waals surface area contributed by atoms with Crippen LogP contribution < -0.4 is 14.8 Å². The maximum atomic E-state index is 13.4. The van der Waals surface area contributed by atoms with Crippen molar-refractivity contribution in [2.45, 2.75) is 64.7 Å². The minimum atomic E-state index is -1.18. The zero-order valence-corrected chi connectivity index (χ0v) is 28.1. The second kappa shape index (κ2) is 19.5. The van der Waals surface area contributed by atoms with E-state index in [0.29, 0.717) is 29.7 Å². The molecule has 4 atom stereocenters. The topological polar surface area (TPSA) is 141 Å². The fourth-order valence-corrected chi connectivity index (χ4v) is 5.29. The number of unbranched alkanes of at least 4 members (excludes halogenated alkanes) is 2. The van der Waals surface area contributed by atoms with Crippen LogP contribution in [0.2, 0.25) is 10.0 Å². The lowest BCUT2D eigenvalue weighted by molar-refractivity contribution is -0.160. The first-order chi connectivity index (χ1) is 22.2. The van der Waals surface area contributed by atoms with Gasteiger partial charge in [-0.05, 0) is 44.4 Å². The number of hydrogen-bond donors (Lipinski definition) is 1. The van der Waals surface area contributed by atoms with Crippen LogP contribution in [0.15, 0.2) is 30.5 Å². The van der Waals surface area contributed by atoms with Crippen molar-refractivity contribution in [1.82, 2.24) is 10.3 Å². The summed E-state index contributed by atoms with van der Waals surface area (Å²) in [7, 11) is 1.38. The van der Waals surface area contributed by atoms with Crippen LogP contribution in [0.3, 0.4) is 0 Å². The van der Waals surface area contributed by atoms with Gasteiger partial charge in [0.25, 0.3) is 5.91 Å². The molecule has 1 aliphatic heterocycles. The van der Waals surface area contributed by atoms with Gasteiger partial charge in [-0.1, -0.05) is 49.0 Å². The normalized spacial score (nSPS) is 20.1. The van der Waals surface area contributed by atoms with Crippen LogP contribution in [-0.2, 0) is 39.7 Å². The number of aromatic nitrogens is 1. The summed E-state index contributed by atoms with van der Waals surface area (Å²) in [6.07, 6.45) is 3.52. The highest BCUT2D eigenvalue weighted by Gasteiger charge is 2.36. The minimum Gasteiger partial charge on any atom is -0.493 e. The number of cyclic esters (lactones) is 1. The monoisotopic (exact) mass is 684 g/mol. The number of hydrogen-bond acceptors (Lipinski definition) is 11. The Labute approximate surface area is 279 Å². The Morgan fingerprint density at radius 2 is 1.93 bits per heavy atom. The molecule has 254 valence electrons. The molecule has 0 bridgehead atoms. The Morgan fingerprint density at radius 1 is 1.13 bits per heavy atom. The number of benzene rings is 1. The Hall–Kier alpha value is -3.16. The van der Waals surface area contributed by atoms with Crippen LogP contribution in [0.4, 0.5) is 0 Å². The molecule has 3 rings (SSSR count). The lowest BCUT2D eigenvalue weighted by Crippen LogP contribution is -2.46. The van der Waals surface area contributed by atoms with Crippen LogP contribution in [-0.4, -0.2) is 88.0 Å². The molecular formula is C32H42Cl2N2O10. The molecule has 0 radical (unpaired) electrons. The van der Waals surface area contributed by atoms with Crippen molar-refractivity contribution in [3.63, 3.8) is 0 Å². The zero-order valence-electron chi connectivity index (χ0n) is 26.6. The van der Waals surface area contributed by atoms with E-state index >= 15 is 0 Å². The van der Waals surface area contributed by atoms with Gasteiger partial charge in [-0.25, -0.2) is 14.6 Å². The van der Waals surface area contributed by atoms with E-state index in [0.717, 1.165) is 24.8 Å². The van der Waals surface area contributed by atoms with Crippen molar-refractivity contribution in [1.29, 1.82) is 0 Å². The number of methoxy groups -OCH3 is 1. The number of carbonyl (C=O) groups excluding carboxylic acids is 3. The van der Waals surface area contributed by atoms with Crippen LogP contribution in [0.1, 0.15) is 56.1 Å². The molecule has 14 heteroatoms. The Bertz CT molecular complexity index is 1300. The lowest BCUT2D eigenvalue weighted by atomic mass is 9.91. The summed E-state index contributed by atoms with van der Waals surface area (Å²) in [5, 5.41) is 3.67. The molecular weight excluding hydrogens is 643 g/mol. The third-order valence-electron chi connectivity index (χ3n) is 7.14. The smallest absolute Gasteiger partial charge is 0.334 e. The molecule has 0 unspecified atom stereocenters. The maximum absolute atomic E-state index is 13.4. The predicted octanol–water partition coefficient (Wildman–Crippen LogP) is 4.81. The van der Waals surface area contributed by atoms with Crippen molar-refractivity contribution >= 4 is 41.0 Å². The molecule has 46 heavy (non-hydrogen) atoms. The number of ether oxygens (including phenoxy) is 7. The van der Waals surface area contributed by atoms with Crippen LogP contribution in [0.5, 0.6) is 11.5 Å². The average molecular weight is 686 g/mol. The Balaban J connectivity index is 1.77.